The van der Waals surface area contributed by atoms with E-state index in [0.717, 1.165) is 18.5 Å². The van der Waals surface area contributed by atoms with Gasteiger partial charge in [-0.05, 0) is 143 Å². The third-order valence-corrected chi connectivity index (χ3v) is 11.4. The highest BCUT2D eigenvalue weighted by atomic mass is 15.1. The van der Waals surface area contributed by atoms with Crippen LogP contribution in [0.25, 0.3) is 34.1 Å². The van der Waals surface area contributed by atoms with Crippen LogP contribution in [0, 0.1) is 13.8 Å². The van der Waals surface area contributed by atoms with Crippen LogP contribution in [0.1, 0.15) is 68.5 Å². The van der Waals surface area contributed by atoms with Crippen molar-refractivity contribution in [1.82, 2.24) is 0 Å². The Morgan fingerprint density at radius 3 is 1.54 bits per heavy atom. The van der Waals surface area contributed by atoms with Gasteiger partial charge in [0.15, 0.2) is 0 Å². The summed E-state index contributed by atoms with van der Waals surface area (Å²) in [4.78, 5) is 2.47. The molecule has 0 bridgehead atoms. The first kappa shape index (κ1) is 36.0. The zero-order chi connectivity index (χ0) is 38.6. The zero-order valence-corrected chi connectivity index (χ0v) is 32.8. The number of hydrogen-bond acceptors (Lipinski definition) is 1. The molecule has 1 aliphatic rings. The fourth-order valence-corrected chi connectivity index (χ4v) is 8.32. The Labute approximate surface area is 337 Å². The molecule has 0 heterocycles. The highest BCUT2D eigenvalue weighted by molar-refractivity contribution is 6.06. The van der Waals surface area contributed by atoms with Crippen molar-refractivity contribution in [3.8, 4) is 0 Å². The van der Waals surface area contributed by atoms with E-state index in [2.05, 4.69) is 219 Å². The van der Waals surface area contributed by atoms with Crippen LogP contribution in [0.5, 0.6) is 0 Å². The van der Waals surface area contributed by atoms with E-state index in [-0.39, 0.29) is 0 Å². The molecule has 1 heteroatoms. The zero-order valence-electron chi connectivity index (χ0n) is 32.8. The summed E-state index contributed by atoms with van der Waals surface area (Å²) >= 11 is 0. The highest BCUT2D eigenvalue weighted by Crippen LogP contribution is 2.42. The van der Waals surface area contributed by atoms with Crippen LogP contribution in [-0.2, 0) is 12.8 Å². The van der Waals surface area contributed by atoms with E-state index in [9.17, 15) is 0 Å². The maximum Gasteiger partial charge on any atom is 0.0540 e. The van der Waals surface area contributed by atoms with Crippen LogP contribution in [0.4, 0.5) is 17.1 Å². The first-order chi connectivity index (χ1) is 28.1. The average Bonchev–Trinajstić information content (AvgIpc) is 3.27. The molecule has 1 nitrogen and oxygen atoms in total. The molecule has 0 spiro atoms. The van der Waals surface area contributed by atoms with E-state index < -0.39 is 0 Å². The fourth-order valence-electron chi connectivity index (χ4n) is 8.32. The van der Waals surface area contributed by atoms with Crippen molar-refractivity contribution in [1.29, 1.82) is 0 Å². The summed E-state index contributed by atoms with van der Waals surface area (Å²) < 4.78 is 0. The Bertz CT molecular complexity index is 2610. The molecule has 1 aliphatic carbocycles. The Kier molecular flexibility index (Phi) is 10.2. The molecule has 0 radical (unpaired) electrons. The molecule has 0 aromatic heterocycles. The first-order valence-corrected chi connectivity index (χ1v) is 20.3. The largest absolute Gasteiger partial charge is 0.310 e. The molecule has 0 saturated carbocycles. The number of fused-ring (bicyclic) bond motifs is 2. The van der Waals surface area contributed by atoms with Crippen molar-refractivity contribution in [2.75, 3.05) is 4.90 Å². The molecule has 8 aromatic carbocycles. The number of aryl methyl sites for hydroxylation is 4. The van der Waals surface area contributed by atoms with Gasteiger partial charge in [-0.3, -0.25) is 0 Å². The number of hydrogen-bond donors (Lipinski definition) is 0. The van der Waals surface area contributed by atoms with Crippen molar-refractivity contribution in [2.45, 2.75) is 39.5 Å². The molecular weight excluding hydrogens is 687 g/mol. The second kappa shape index (κ2) is 16.2. The maximum absolute atomic E-state index is 2.47. The monoisotopic (exact) mass is 733 g/mol. The van der Waals surface area contributed by atoms with Crippen molar-refractivity contribution in [3.05, 3.63) is 244 Å². The molecule has 0 saturated heterocycles. The van der Waals surface area contributed by atoms with Gasteiger partial charge >= 0.3 is 0 Å². The van der Waals surface area contributed by atoms with Crippen LogP contribution in [0.2, 0.25) is 0 Å². The summed E-state index contributed by atoms with van der Waals surface area (Å²) in [5, 5.41) is 2.44. The molecule has 57 heavy (non-hydrogen) atoms. The summed E-state index contributed by atoms with van der Waals surface area (Å²) in [7, 11) is 0. The standard InChI is InChI=1S/C56H47N/c1-40-21-27-46(28-22-40)54(47-29-23-41(2)24-30-47)37-42-25-33-50(34-26-42)57(51-35-31-43-13-9-10-18-48(43)38-51)56-36-32-49(52-19-11-12-20-53(52)56)39-55(44-14-5-3-6-15-44)45-16-7-4-8-17-45/h3-8,11-12,14-17,19-39H,9-10,13,18H2,1-2H3. The highest BCUT2D eigenvalue weighted by Gasteiger charge is 2.19. The summed E-state index contributed by atoms with van der Waals surface area (Å²) in [6, 6.07) is 69.0. The topological polar surface area (TPSA) is 3.24 Å². The maximum atomic E-state index is 2.47. The molecule has 276 valence electrons. The molecular formula is C56H47N. The summed E-state index contributed by atoms with van der Waals surface area (Å²) in [5.41, 5.74) is 18.6. The fraction of sp³-hybridized carbons (Fsp3) is 0.107. The minimum Gasteiger partial charge on any atom is -0.310 e. The Morgan fingerprint density at radius 1 is 0.421 bits per heavy atom. The van der Waals surface area contributed by atoms with Gasteiger partial charge in [0.1, 0.15) is 0 Å². The molecule has 0 amide bonds. The number of nitrogens with zero attached hydrogens (tertiary/aromatic N) is 1. The SMILES string of the molecule is Cc1ccc(C(=Cc2ccc(N(c3ccc4c(c3)CCCC4)c3ccc(C=C(c4ccccc4)c4ccccc4)c4ccccc34)cc2)c2ccc(C)cc2)cc1. The van der Waals surface area contributed by atoms with Gasteiger partial charge in [-0.15, -0.1) is 0 Å². The van der Waals surface area contributed by atoms with Crippen molar-refractivity contribution in [2.24, 2.45) is 0 Å². The Morgan fingerprint density at radius 2 is 0.930 bits per heavy atom. The van der Waals surface area contributed by atoms with Gasteiger partial charge in [-0.1, -0.05) is 169 Å². The van der Waals surface area contributed by atoms with E-state index in [1.54, 1.807) is 0 Å². The lowest BCUT2D eigenvalue weighted by atomic mass is 9.91. The van der Waals surface area contributed by atoms with E-state index >= 15 is 0 Å². The van der Waals surface area contributed by atoms with Gasteiger partial charge in [0.05, 0.1) is 5.69 Å². The van der Waals surface area contributed by atoms with E-state index in [1.165, 1.54) is 102 Å². The minimum absolute atomic E-state index is 1.13. The van der Waals surface area contributed by atoms with Gasteiger partial charge in [0.2, 0.25) is 0 Å². The van der Waals surface area contributed by atoms with Gasteiger partial charge < -0.3 is 4.90 Å². The van der Waals surface area contributed by atoms with Gasteiger partial charge in [-0.25, -0.2) is 0 Å². The van der Waals surface area contributed by atoms with Crippen LogP contribution >= 0.6 is 0 Å². The predicted octanol–water partition coefficient (Wildman–Crippen LogP) is 15.0. The number of anilines is 3. The predicted molar refractivity (Wildman–Crippen MR) is 244 cm³/mol. The lowest BCUT2D eigenvalue weighted by Crippen LogP contribution is -2.12. The van der Waals surface area contributed by atoms with E-state index in [1.807, 2.05) is 0 Å². The lowest BCUT2D eigenvalue weighted by Gasteiger charge is -2.29. The molecule has 0 unspecified atom stereocenters. The quantitative estimate of drug-likeness (QED) is 0.134. The van der Waals surface area contributed by atoms with Crippen LogP contribution in [0.15, 0.2) is 188 Å². The summed E-state index contributed by atoms with van der Waals surface area (Å²) in [6.07, 6.45) is 9.50. The minimum atomic E-state index is 1.13. The summed E-state index contributed by atoms with van der Waals surface area (Å²) in [6.45, 7) is 4.29. The van der Waals surface area contributed by atoms with Gasteiger partial charge in [0, 0.05) is 16.8 Å². The third kappa shape index (κ3) is 7.75. The second-order valence-corrected chi connectivity index (χ2v) is 15.4. The molecule has 8 aromatic rings. The first-order valence-electron chi connectivity index (χ1n) is 20.3. The molecule has 0 aliphatic heterocycles. The van der Waals surface area contributed by atoms with Crippen molar-refractivity contribution < 1.29 is 0 Å². The van der Waals surface area contributed by atoms with Crippen molar-refractivity contribution in [3.63, 3.8) is 0 Å². The second-order valence-electron chi connectivity index (χ2n) is 15.4. The van der Waals surface area contributed by atoms with Crippen LogP contribution in [0.3, 0.4) is 0 Å². The number of benzene rings is 8. The van der Waals surface area contributed by atoms with Gasteiger partial charge in [0.25, 0.3) is 0 Å². The smallest absolute Gasteiger partial charge is 0.0540 e. The van der Waals surface area contributed by atoms with Crippen LogP contribution < -0.4 is 4.90 Å². The van der Waals surface area contributed by atoms with Gasteiger partial charge in [-0.2, -0.15) is 0 Å². The average molecular weight is 734 g/mol. The van der Waals surface area contributed by atoms with E-state index in [0.29, 0.717) is 0 Å². The Hall–Kier alpha value is -6.70. The normalized spacial score (nSPS) is 12.1. The van der Waals surface area contributed by atoms with Crippen LogP contribution in [-0.4, -0.2) is 0 Å². The molecule has 9 rings (SSSR count). The Balaban J connectivity index is 1.18. The molecule has 0 atom stereocenters. The molecule has 0 fully saturated rings. The summed E-state index contributed by atoms with van der Waals surface area (Å²) in [5.74, 6) is 0. The molecule has 0 N–H and O–H groups in total. The lowest BCUT2D eigenvalue weighted by molar-refractivity contribution is 0.685. The van der Waals surface area contributed by atoms with E-state index in [4.69, 9.17) is 0 Å². The number of rotatable bonds is 9. The third-order valence-electron chi connectivity index (χ3n) is 11.4. The van der Waals surface area contributed by atoms with Crippen molar-refractivity contribution >= 4 is 51.1 Å².